The summed E-state index contributed by atoms with van der Waals surface area (Å²) in [7, 11) is 4.00. The van der Waals surface area contributed by atoms with Crippen molar-refractivity contribution in [2.75, 3.05) is 23.9 Å². The fourth-order valence-corrected chi connectivity index (χ4v) is 6.31. The van der Waals surface area contributed by atoms with Crippen LogP contribution in [0.3, 0.4) is 0 Å². The van der Waals surface area contributed by atoms with E-state index in [0.29, 0.717) is 0 Å². The molecule has 2 heterocycles. The molecule has 0 amide bonds. The molecule has 1 aliphatic carbocycles. The summed E-state index contributed by atoms with van der Waals surface area (Å²) in [5.74, 6) is -1.75. The van der Waals surface area contributed by atoms with E-state index in [1.807, 2.05) is 50.5 Å². The molecule has 5 rings (SSSR count). The van der Waals surface area contributed by atoms with Crippen molar-refractivity contribution in [3.8, 4) is 0 Å². The molecule has 1 fully saturated rings. The molecule has 0 spiro atoms. The zero-order valence-electron chi connectivity index (χ0n) is 20.8. The lowest BCUT2D eigenvalue weighted by molar-refractivity contribution is -0.127. The Kier molecular flexibility index (Phi) is 5.08. The van der Waals surface area contributed by atoms with Crippen LogP contribution in [0.2, 0.25) is 0 Å². The number of allylic oxidation sites excluding steroid dienone is 2. The van der Waals surface area contributed by atoms with Gasteiger partial charge in [-0.15, -0.1) is 0 Å². The zero-order chi connectivity index (χ0) is 24.6. The van der Waals surface area contributed by atoms with Gasteiger partial charge in [-0.05, 0) is 23.3 Å². The molecule has 4 atom stereocenters. The van der Waals surface area contributed by atoms with Crippen LogP contribution >= 0.6 is 0 Å². The van der Waals surface area contributed by atoms with Crippen molar-refractivity contribution in [3.05, 3.63) is 83.2 Å². The van der Waals surface area contributed by atoms with Gasteiger partial charge in [0.2, 0.25) is 0 Å². The van der Waals surface area contributed by atoms with E-state index < -0.39 is 24.0 Å². The van der Waals surface area contributed by atoms with Gasteiger partial charge < -0.3 is 20.0 Å². The van der Waals surface area contributed by atoms with Gasteiger partial charge in [-0.1, -0.05) is 76.2 Å². The third-order valence-electron chi connectivity index (χ3n) is 8.32. The number of fused-ring (bicyclic) bond motifs is 2. The van der Waals surface area contributed by atoms with Crippen LogP contribution in [0.1, 0.15) is 38.8 Å². The molecule has 5 nitrogen and oxygen atoms in total. The van der Waals surface area contributed by atoms with Crippen molar-refractivity contribution in [1.82, 2.24) is 0 Å². The average Bonchev–Trinajstić information content (AvgIpc) is 3.22. The van der Waals surface area contributed by atoms with Crippen LogP contribution in [0, 0.1) is 11.8 Å². The maximum Gasteiger partial charge on any atom is 0.171 e. The van der Waals surface area contributed by atoms with E-state index in [1.165, 1.54) is 11.1 Å². The number of benzene rings is 2. The molecular weight excluding hydrogens is 424 g/mol. The molecule has 0 saturated heterocycles. The molecule has 5 heteroatoms. The Hall–Kier alpha value is -2.89. The van der Waals surface area contributed by atoms with E-state index in [4.69, 9.17) is 0 Å². The van der Waals surface area contributed by atoms with Gasteiger partial charge in [-0.2, -0.15) is 0 Å². The summed E-state index contributed by atoms with van der Waals surface area (Å²) < 4.78 is 0. The summed E-state index contributed by atoms with van der Waals surface area (Å²) in [5, 5.41) is 22.3. The highest BCUT2D eigenvalue weighted by molar-refractivity contribution is 5.91. The number of likely N-dealkylation sites (N-methyl/N-ethyl adjacent to an activating group) is 2. The number of Topliss-reactive ketones (excluding diaryl/α,β-unsaturated/α-hetero) is 1. The highest BCUT2D eigenvalue weighted by Gasteiger charge is 2.50. The van der Waals surface area contributed by atoms with E-state index in [9.17, 15) is 15.0 Å². The van der Waals surface area contributed by atoms with Crippen LogP contribution in [0.4, 0.5) is 11.4 Å². The first-order valence-corrected chi connectivity index (χ1v) is 12.0. The number of rotatable bonds is 2. The number of hydrogen-bond donors (Lipinski definition) is 2. The Bertz CT molecular complexity index is 1230. The standard InChI is InChI=1S/C29H34N2O3/c1-28(2)19-11-7-9-13-21(19)30(5)23(28)15-17-25(32)18(27(34)26(17)33)16-24-29(3,4)20-12-8-10-14-22(20)31(24)6/h7-18,25-26,32-33H,1-6H3/b23-15-,24-16-. The minimum absolute atomic E-state index is 0.292. The molecule has 2 aromatic rings. The Morgan fingerprint density at radius 2 is 1.21 bits per heavy atom. The Labute approximate surface area is 202 Å². The topological polar surface area (TPSA) is 64.0 Å². The van der Waals surface area contributed by atoms with Crippen molar-refractivity contribution in [2.45, 2.75) is 50.7 Å². The predicted molar refractivity (Wildman–Crippen MR) is 136 cm³/mol. The van der Waals surface area contributed by atoms with E-state index >= 15 is 0 Å². The van der Waals surface area contributed by atoms with Gasteiger partial charge in [0.25, 0.3) is 0 Å². The number of nitrogens with zero attached hydrogens (tertiary/aromatic N) is 2. The third-order valence-corrected chi connectivity index (χ3v) is 8.32. The van der Waals surface area contributed by atoms with E-state index in [1.54, 1.807) is 0 Å². The number of ketones is 1. The molecule has 0 bridgehead atoms. The van der Waals surface area contributed by atoms with Crippen molar-refractivity contribution < 1.29 is 15.0 Å². The first-order valence-electron chi connectivity index (χ1n) is 12.0. The largest absolute Gasteiger partial charge is 0.391 e. The zero-order valence-corrected chi connectivity index (χ0v) is 20.8. The Morgan fingerprint density at radius 3 is 1.68 bits per heavy atom. The van der Waals surface area contributed by atoms with Gasteiger partial charge in [0.1, 0.15) is 6.10 Å². The number of para-hydroxylation sites is 2. The lowest BCUT2D eigenvalue weighted by Crippen LogP contribution is -2.29. The molecule has 2 N–H and O–H groups in total. The van der Waals surface area contributed by atoms with Crippen molar-refractivity contribution in [3.63, 3.8) is 0 Å². The van der Waals surface area contributed by atoms with E-state index in [2.05, 4.69) is 61.8 Å². The van der Waals surface area contributed by atoms with Gasteiger partial charge in [0.15, 0.2) is 5.78 Å². The molecule has 2 aromatic carbocycles. The van der Waals surface area contributed by atoms with Crippen LogP contribution in [-0.2, 0) is 15.6 Å². The Balaban J connectivity index is 1.51. The van der Waals surface area contributed by atoms with E-state index in [-0.39, 0.29) is 16.6 Å². The van der Waals surface area contributed by atoms with E-state index in [0.717, 1.165) is 22.8 Å². The minimum Gasteiger partial charge on any atom is -0.391 e. The number of anilines is 2. The highest BCUT2D eigenvalue weighted by Crippen LogP contribution is 2.50. The number of carbonyl (C=O) groups excluding carboxylic acids is 1. The second kappa shape index (κ2) is 7.56. The molecule has 178 valence electrons. The summed E-state index contributed by atoms with van der Waals surface area (Å²) in [6.45, 7) is 8.55. The SMILES string of the molecule is CN1/C(=C\C2C(=O)C(O)C(/C=C3\N(C)c4ccccc4C3(C)C)C2O)C(C)(C)c2ccccc21. The molecule has 0 aromatic heterocycles. The van der Waals surface area contributed by atoms with Crippen molar-refractivity contribution in [2.24, 2.45) is 11.8 Å². The van der Waals surface area contributed by atoms with Crippen LogP contribution in [0.15, 0.2) is 72.1 Å². The molecule has 34 heavy (non-hydrogen) atoms. The number of aliphatic hydroxyl groups is 2. The average molecular weight is 459 g/mol. The maximum atomic E-state index is 13.2. The number of hydrogen-bond acceptors (Lipinski definition) is 5. The fraction of sp³-hybridized carbons (Fsp3) is 0.414. The third kappa shape index (κ3) is 3.03. The summed E-state index contributed by atoms with van der Waals surface area (Å²) in [6.07, 6.45) is 1.56. The molecule has 1 saturated carbocycles. The van der Waals surface area contributed by atoms with Gasteiger partial charge in [-0.25, -0.2) is 0 Å². The smallest absolute Gasteiger partial charge is 0.171 e. The summed E-state index contributed by atoms with van der Waals surface area (Å²) in [5.41, 5.74) is 5.96. The van der Waals surface area contributed by atoms with Crippen LogP contribution in [-0.4, -0.2) is 42.3 Å². The molecular formula is C29H34N2O3. The minimum atomic E-state index is -1.24. The number of carbonyl (C=O) groups is 1. The molecule has 3 aliphatic rings. The maximum absolute atomic E-state index is 13.2. The monoisotopic (exact) mass is 458 g/mol. The van der Waals surface area contributed by atoms with Crippen molar-refractivity contribution in [1.29, 1.82) is 0 Å². The predicted octanol–water partition coefficient (Wildman–Crippen LogP) is 4.15. The van der Waals surface area contributed by atoms with Gasteiger partial charge >= 0.3 is 0 Å². The number of aliphatic hydroxyl groups excluding tert-OH is 2. The van der Waals surface area contributed by atoms with Crippen molar-refractivity contribution >= 4 is 17.2 Å². The van der Waals surface area contributed by atoms with Gasteiger partial charge in [-0.3, -0.25) is 4.79 Å². The Morgan fingerprint density at radius 1 is 0.765 bits per heavy atom. The molecule has 0 radical (unpaired) electrons. The summed E-state index contributed by atoms with van der Waals surface area (Å²) >= 11 is 0. The van der Waals surface area contributed by atoms with Crippen LogP contribution < -0.4 is 9.80 Å². The highest BCUT2D eigenvalue weighted by atomic mass is 16.3. The first kappa shape index (κ1) is 22.9. The van der Waals surface area contributed by atoms with Gasteiger partial charge in [0.05, 0.1) is 12.0 Å². The fourth-order valence-electron chi connectivity index (χ4n) is 6.31. The normalized spacial score (nSPS) is 31.5. The molecule has 2 aliphatic heterocycles. The van der Waals surface area contributed by atoms with Gasteiger partial charge in [0, 0.05) is 53.6 Å². The lowest BCUT2D eigenvalue weighted by Gasteiger charge is -2.27. The lowest BCUT2D eigenvalue weighted by atomic mass is 9.81. The second-order valence-corrected chi connectivity index (χ2v) is 10.9. The summed E-state index contributed by atoms with van der Waals surface area (Å²) in [4.78, 5) is 17.4. The van der Waals surface area contributed by atoms with Crippen LogP contribution in [0.5, 0.6) is 0 Å². The summed E-state index contributed by atoms with van der Waals surface area (Å²) in [6, 6.07) is 16.4. The first-order chi connectivity index (χ1) is 16.0. The van der Waals surface area contributed by atoms with Crippen LogP contribution in [0.25, 0.3) is 0 Å². The second-order valence-electron chi connectivity index (χ2n) is 10.9. The quantitative estimate of drug-likeness (QED) is 0.708. The molecule has 4 unspecified atom stereocenters.